The molecule has 1 aromatic heterocycles. The van der Waals surface area contributed by atoms with Crippen molar-refractivity contribution in [2.24, 2.45) is 0 Å². The Morgan fingerprint density at radius 1 is 0.800 bits per heavy atom. The molecule has 0 spiro atoms. The van der Waals surface area contributed by atoms with Crippen molar-refractivity contribution in [3.05, 3.63) is 88.8 Å². The number of pyridine rings is 1. The number of nitrogens with zero attached hydrogens (tertiary/aromatic N) is 1. The Balaban J connectivity index is 2.13. The van der Waals surface area contributed by atoms with Crippen molar-refractivity contribution in [2.75, 3.05) is 0 Å². The number of aromatic nitrogens is 1. The van der Waals surface area contributed by atoms with Gasteiger partial charge in [0.25, 0.3) is 5.56 Å². The lowest BCUT2D eigenvalue weighted by atomic mass is 10.1. The summed E-state index contributed by atoms with van der Waals surface area (Å²) in [5.74, 6) is 0. The Morgan fingerprint density at radius 3 is 2.35 bits per heavy atom. The van der Waals surface area contributed by atoms with Gasteiger partial charge in [0.15, 0.2) is 0 Å². The zero-order chi connectivity index (χ0) is 13.9. The molecule has 3 rings (SSSR count). The third-order valence-corrected chi connectivity index (χ3v) is 3.29. The second kappa shape index (κ2) is 5.17. The summed E-state index contributed by atoms with van der Waals surface area (Å²) >= 11 is 0. The summed E-state index contributed by atoms with van der Waals surface area (Å²) in [5, 5.41) is 0. The van der Waals surface area contributed by atoms with Crippen LogP contribution in [0.25, 0.3) is 16.8 Å². The summed E-state index contributed by atoms with van der Waals surface area (Å²) in [5.41, 5.74) is 4.20. The van der Waals surface area contributed by atoms with Gasteiger partial charge in [0.1, 0.15) is 0 Å². The molecule has 0 N–H and O–H groups in total. The molecule has 20 heavy (non-hydrogen) atoms. The van der Waals surface area contributed by atoms with Gasteiger partial charge in [0.2, 0.25) is 0 Å². The second-order valence-corrected chi connectivity index (χ2v) is 4.83. The van der Waals surface area contributed by atoms with Crippen LogP contribution in [0.1, 0.15) is 5.56 Å². The van der Waals surface area contributed by atoms with Crippen LogP contribution in [0.5, 0.6) is 0 Å². The summed E-state index contributed by atoms with van der Waals surface area (Å²) in [4.78, 5) is 12.0. The van der Waals surface area contributed by atoms with Crippen molar-refractivity contribution >= 4 is 0 Å². The van der Waals surface area contributed by atoms with Crippen LogP contribution < -0.4 is 5.56 Å². The average Bonchev–Trinajstić information content (AvgIpc) is 2.51. The van der Waals surface area contributed by atoms with Crippen molar-refractivity contribution in [1.29, 1.82) is 0 Å². The van der Waals surface area contributed by atoms with Gasteiger partial charge in [0.05, 0.1) is 0 Å². The SMILES string of the molecule is Cc1ccc(=O)n(-c2cccc(-c3ccccc3)c2)c1. The highest BCUT2D eigenvalue weighted by atomic mass is 16.1. The van der Waals surface area contributed by atoms with Crippen LogP contribution in [0.4, 0.5) is 0 Å². The van der Waals surface area contributed by atoms with E-state index in [9.17, 15) is 4.79 Å². The third kappa shape index (κ3) is 2.41. The van der Waals surface area contributed by atoms with E-state index < -0.39 is 0 Å². The first-order chi connectivity index (χ1) is 9.74. The van der Waals surface area contributed by atoms with Gasteiger partial charge in [0, 0.05) is 18.0 Å². The van der Waals surface area contributed by atoms with Crippen molar-refractivity contribution < 1.29 is 0 Å². The number of benzene rings is 2. The van der Waals surface area contributed by atoms with E-state index in [-0.39, 0.29) is 5.56 Å². The lowest BCUT2D eigenvalue weighted by Gasteiger charge is -2.09. The quantitative estimate of drug-likeness (QED) is 0.687. The molecule has 1 heterocycles. The van der Waals surface area contributed by atoms with E-state index in [2.05, 4.69) is 18.2 Å². The average molecular weight is 261 g/mol. The number of aryl methyl sites for hydroxylation is 1. The molecule has 2 aromatic carbocycles. The number of hydrogen-bond acceptors (Lipinski definition) is 1. The van der Waals surface area contributed by atoms with E-state index in [1.54, 1.807) is 10.6 Å². The fourth-order valence-electron chi connectivity index (χ4n) is 2.26. The Hall–Kier alpha value is -2.61. The molecule has 0 saturated heterocycles. The summed E-state index contributed by atoms with van der Waals surface area (Å²) < 4.78 is 1.68. The maximum absolute atomic E-state index is 12.0. The number of hydrogen-bond donors (Lipinski definition) is 0. The van der Waals surface area contributed by atoms with Gasteiger partial charge in [-0.25, -0.2) is 0 Å². The Morgan fingerprint density at radius 2 is 1.55 bits per heavy atom. The van der Waals surface area contributed by atoms with Gasteiger partial charge in [-0.3, -0.25) is 9.36 Å². The molecular formula is C18H15NO. The monoisotopic (exact) mass is 261 g/mol. The molecule has 0 aliphatic rings. The summed E-state index contributed by atoms with van der Waals surface area (Å²) in [7, 11) is 0. The molecule has 0 atom stereocenters. The van der Waals surface area contributed by atoms with E-state index in [1.165, 1.54) is 0 Å². The van der Waals surface area contributed by atoms with Crippen LogP contribution in [0, 0.1) is 6.92 Å². The van der Waals surface area contributed by atoms with Crippen LogP contribution in [0.3, 0.4) is 0 Å². The molecular weight excluding hydrogens is 246 g/mol. The zero-order valence-electron chi connectivity index (χ0n) is 11.3. The molecule has 0 amide bonds. The first-order valence-electron chi connectivity index (χ1n) is 6.59. The van der Waals surface area contributed by atoms with Gasteiger partial charge in [-0.1, -0.05) is 48.5 Å². The normalized spacial score (nSPS) is 10.4. The molecule has 0 bridgehead atoms. The summed E-state index contributed by atoms with van der Waals surface area (Å²) in [6.45, 7) is 1.98. The van der Waals surface area contributed by atoms with Gasteiger partial charge in [-0.05, 0) is 35.7 Å². The topological polar surface area (TPSA) is 22.0 Å². The van der Waals surface area contributed by atoms with Crippen molar-refractivity contribution in [1.82, 2.24) is 4.57 Å². The third-order valence-electron chi connectivity index (χ3n) is 3.29. The minimum absolute atomic E-state index is 0.0131. The first-order valence-corrected chi connectivity index (χ1v) is 6.59. The first kappa shape index (κ1) is 12.4. The van der Waals surface area contributed by atoms with E-state index >= 15 is 0 Å². The Kier molecular flexibility index (Phi) is 3.21. The lowest BCUT2D eigenvalue weighted by Crippen LogP contribution is -2.16. The number of rotatable bonds is 2. The highest BCUT2D eigenvalue weighted by Crippen LogP contribution is 2.21. The molecule has 0 fully saturated rings. The van der Waals surface area contributed by atoms with Crippen LogP contribution in [-0.2, 0) is 0 Å². The fraction of sp³-hybridized carbons (Fsp3) is 0.0556. The van der Waals surface area contributed by atoms with E-state index in [0.717, 1.165) is 22.4 Å². The minimum atomic E-state index is -0.0131. The standard InChI is InChI=1S/C18H15NO/c1-14-10-11-18(20)19(13-14)17-9-5-8-16(12-17)15-6-3-2-4-7-15/h2-13H,1H3. The lowest BCUT2D eigenvalue weighted by molar-refractivity contribution is 0.977. The van der Waals surface area contributed by atoms with E-state index in [1.807, 2.05) is 55.6 Å². The molecule has 98 valence electrons. The minimum Gasteiger partial charge on any atom is -0.284 e. The van der Waals surface area contributed by atoms with Crippen molar-refractivity contribution in [3.8, 4) is 16.8 Å². The van der Waals surface area contributed by atoms with Crippen LogP contribution in [0.2, 0.25) is 0 Å². The second-order valence-electron chi connectivity index (χ2n) is 4.83. The van der Waals surface area contributed by atoms with Crippen LogP contribution in [-0.4, -0.2) is 4.57 Å². The van der Waals surface area contributed by atoms with Gasteiger partial charge >= 0.3 is 0 Å². The van der Waals surface area contributed by atoms with Crippen molar-refractivity contribution in [3.63, 3.8) is 0 Å². The largest absolute Gasteiger partial charge is 0.284 e. The van der Waals surface area contributed by atoms with E-state index in [0.29, 0.717) is 0 Å². The Bertz CT molecular complexity index is 788. The molecule has 3 aromatic rings. The highest BCUT2D eigenvalue weighted by Gasteiger charge is 2.02. The van der Waals surface area contributed by atoms with Gasteiger partial charge in [-0.15, -0.1) is 0 Å². The molecule has 0 aliphatic carbocycles. The van der Waals surface area contributed by atoms with E-state index in [4.69, 9.17) is 0 Å². The smallest absolute Gasteiger partial charge is 0.255 e. The fourth-order valence-corrected chi connectivity index (χ4v) is 2.26. The van der Waals surface area contributed by atoms with Gasteiger partial charge < -0.3 is 0 Å². The summed E-state index contributed by atoms with van der Waals surface area (Å²) in [6.07, 6.45) is 1.87. The molecule has 0 unspecified atom stereocenters. The zero-order valence-corrected chi connectivity index (χ0v) is 11.3. The van der Waals surface area contributed by atoms with Crippen LogP contribution in [0.15, 0.2) is 77.7 Å². The molecule has 0 radical (unpaired) electrons. The van der Waals surface area contributed by atoms with Gasteiger partial charge in [-0.2, -0.15) is 0 Å². The highest BCUT2D eigenvalue weighted by molar-refractivity contribution is 5.65. The molecule has 0 saturated carbocycles. The van der Waals surface area contributed by atoms with Crippen molar-refractivity contribution in [2.45, 2.75) is 6.92 Å². The van der Waals surface area contributed by atoms with Crippen LogP contribution >= 0.6 is 0 Å². The molecule has 0 aliphatic heterocycles. The molecule has 2 nitrogen and oxygen atoms in total. The maximum Gasteiger partial charge on any atom is 0.255 e. The Labute approximate surface area is 118 Å². The maximum atomic E-state index is 12.0. The predicted octanol–water partition coefficient (Wildman–Crippen LogP) is 3.81. The summed E-state index contributed by atoms with van der Waals surface area (Å²) in [6, 6.07) is 21.6. The predicted molar refractivity (Wildman–Crippen MR) is 82.2 cm³/mol. The molecule has 2 heteroatoms.